The molecule has 0 aliphatic carbocycles. The van der Waals surface area contributed by atoms with Crippen molar-refractivity contribution in [2.45, 2.75) is 33.6 Å². The summed E-state index contributed by atoms with van der Waals surface area (Å²) in [5.74, 6) is 0.117. The molecular formula is C17H18FN5O. The van der Waals surface area contributed by atoms with Crippen LogP contribution in [0.5, 0.6) is 0 Å². The summed E-state index contributed by atoms with van der Waals surface area (Å²) in [4.78, 5) is 20.7. The van der Waals surface area contributed by atoms with E-state index in [-0.39, 0.29) is 11.7 Å². The summed E-state index contributed by atoms with van der Waals surface area (Å²) in [6, 6.07) is 4.30. The number of rotatable bonds is 4. The lowest BCUT2D eigenvalue weighted by Gasteiger charge is -2.11. The number of fused-ring (bicyclic) bond motifs is 1. The van der Waals surface area contributed by atoms with Crippen LogP contribution in [0.25, 0.3) is 5.78 Å². The van der Waals surface area contributed by atoms with Crippen LogP contribution < -0.4 is 5.32 Å². The van der Waals surface area contributed by atoms with Gasteiger partial charge in [0.15, 0.2) is 0 Å². The van der Waals surface area contributed by atoms with Gasteiger partial charge >= 0.3 is 0 Å². The molecule has 0 aliphatic rings. The molecule has 2 heterocycles. The van der Waals surface area contributed by atoms with Gasteiger partial charge in [-0.1, -0.05) is 0 Å². The Balaban J connectivity index is 1.72. The summed E-state index contributed by atoms with van der Waals surface area (Å²) < 4.78 is 14.8. The van der Waals surface area contributed by atoms with Crippen molar-refractivity contribution in [3.63, 3.8) is 0 Å². The van der Waals surface area contributed by atoms with Crippen LogP contribution in [0.3, 0.4) is 0 Å². The Kier molecular flexibility index (Phi) is 4.24. The molecule has 1 aromatic carbocycles. The SMILES string of the molecule is Cc1cc(F)ccc1NC(=O)CCc1c(C)nc2ncnn2c1C. The molecule has 0 unspecified atom stereocenters. The van der Waals surface area contributed by atoms with Crippen molar-refractivity contribution >= 4 is 17.4 Å². The molecule has 124 valence electrons. The first-order chi connectivity index (χ1) is 11.5. The van der Waals surface area contributed by atoms with E-state index >= 15 is 0 Å². The van der Waals surface area contributed by atoms with Gasteiger partial charge in [-0.25, -0.2) is 13.9 Å². The highest BCUT2D eigenvalue weighted by atomic mass is 19.1. The van der Waals surface area contributed by atoms with E-state index in [9.17, 15) is 9.18 Å². The average molecular weight is 327 g/mol. The van der Waals surface area contributed by atoms with E-state index in [4.69, 9.17) is 0 Å². The number of hydrogen-bond donors (Lipinski definition) is 1. The van der Waals surface area contributed by atoms with Gasteiger partial charge in [0.05, 0.1) is 0 Å². The third kappa shape index (κ3) is 3.10. The number of aromatic nitrogens is 4. The number of nitrogens with one attached hydrogen (secondary N) is 1. The second kappa shape index (κ2) is 6.35. The van der Waals surface area contributed by atoms with Gasteiger partial charge in [-0.05, 0) is 56.5 Å². The fourth-order valence-corrected chi connectivity index (χ4v) is 2.74. The molecule has 0 radical (unpaired) electrons. The molecular weight excluding hydrogens is 309 g/mol. The Morgan fingerprint density at radius 3 is 2.83 bits per heavy atom. The van der Waals surface area contributed by atoms with Gasteiger partial charge in [0.25, 0.3) is 5.78 Å². The summed E-state index contributed by atoms with van der Waals surface area (Å²) in [5.41, 5.74) is 4.08. The molecule has 24 heavy (non-hydrogen) atoms. The van der Waals surface area contributed by atoms with Gasteiger partial charge in [0.2, 0.25) is 5.91 Å². The van der Waals surface area contributed by atoms with Crippen molar-refractivity contribution in [3.8, 4) is 0 Å². The third-order valence-corrected chi connectivity index (χ3v) is 4.05. The second-order valence-corrected chi connectivity index (χ2v) is 5.74. The van der Waals surface area contributed by atoms with Gasteiger partial charge in [-0.2, -0.15) is 10.1 Å². The number of hydrogen-bond acceptors (Lipinski definition) is 4. The minimum absolute atomic E-state index is 0.123. The number of nitrogens with zero attached hydrogens (tertiary/aromatic N) is 4. The lowest BCUT2D eigenvalue weighted by atomic mass is 10.1. The van der Waals surface area contributed by atoms with Gasteiger partial charge in [-0.3, -0.25) is 4.79 Å². The molecule has 0 spiro atoms. The maximum Gasteiger partial charge on any atom is 0.252 e. The first-order valence-electron chi connectivity index (χ1n) is 7.67. The van der Waals surface area contributed by atoms with Crippen LogP contribution in [-0.4, -0.2) is 25.5 Å². The highest BCUT2D eigenvalue weighted by Crippen LogP contribution is 2.18. The quantitative estimate of drug-likeness (QED) is 0.800. The van der Waals surface area contributed by atoms with E-state index in [0.717, 1.165) is 17.0 Å². The number of amides is 1. The van der Waals surface area contributed by atoms with Crippen LogP contribution in [0.4, 0.5) is 10.1 Å². The molecule has 0 aliphatic heterocycles. The Bertz CT molecular complexity index is 919. The van der Waals surface area contributed by atoms with Crippen molar-refractivity contribution in [1.82, 2.24) is 19.6 Å². The smallest absolute Gasteiger partial charge is 0.252 e. The zero-order valence-corrected chi connectivity index (χ0v) is 13.8. The fraction of sp³-hybridized carbons (Fsp3) is 0.294. The van der Waals surface area contributed by atoms with Crippen LogP contribution >= 0.6 is 0 Å². The Morgan fingerprint density at radius 1 is 1.29 bits per heavy atom. The summed E-state index contributed by atoms with van der Waals surface area (Å²) in [5, 5.41) is 6.96. The van der Waals surface area contributed by atoms with Gasteiger partial charge in [0, 0.05) is 23.5 Å². The molecule has 6 nitrogen and oxygen atoms in total. The molecule has 0 fully saturated rings. The molecule has 0 bridgehead atoms. The molecule has 0 saturated carbocycles. The van der Waals surface area contributed by atoms with Crippen molar-refractivity contribution in [1.29, 1.82) is 0 Å². The Morgan fingerprint density at radius 2 is 2.08 bits per heavy atom. The predicted octanol–water partition coefficient (Wildman–Crippen LogP) is 2.76. The fourth-order valence-electron chi connectivity index (χ4n) is 2.74. The first-order valence-corrected chi connectivity index (χ1v) is 7.67. The molecule has 3 rings (SSSR count). The van der Waals surface area contributed by atoms with Crippen LogP contribution in [0.2, 0.25) is 0 Å². The normalized spacial score (nSPS) is 11.0. The molecule has 1 amide bonds. The molecule has 1 N–H and O–H groups in total. The molecule has 0 atom stereocenters. The monoisotopic (exact) mass is 327 g/mol. The number of carbonyl (C=O) groups is 1. The molecule has 0 saturated heterocycles. The maximum absolute atomic E-state index is 13.1. The number of benzene rings is 1. The summed E-state index contributed by atoms with van der Waals surface area (Å²) in [6.45, 7) is 5.60. The standard InChI is InChI=1S/C17H18FN5O/c1-10-8-13(18)4-6-15(10)22-16(24)7-5-14-11(2)21-17-19-9-20-23(17)12(14)3/h4,6,8-9H,5,7H2,1-3H3,(H,22,24). The zero-order chi connectivity index (χ0) is 17.3. The zero-order valence-electron chi connectivity index (χ0n) is 13.8. The number of halogens is 1. The maximum atomic E-state index is 13.1. The van der Waals surface area contributed by atoms with Crippen LogP contribution in [-0.2, 0) is 11.2 Å². The summed E-state index contributed by atoms with van der Waals surface area (Å²) >= 11 is 0. The van der Waals surface area contributed by atoms with Crippen molar-refractivity contribution in [3.05, 3.63) is 52.9 Å². The van der Waals surface area contributed by atoms with Crippen LogP contribution in [0.15, 0.2) is 24.5 Å². The molecule has 2 aromatic heterocycles. The van der Waals surface area contributed by atoms with Crippen molar-refractivity contribution in [2.75, 3.05) is 5.32 Å². The topological polar surface area (TPSA) is 72.2 Å². The average Bonchev–Trinajstić information content (AvgIpc) is 2.98. The Labute approximate surface area is 138 Å². The van der Waals surface area contributed by atoms with Crippen molar-refractivity contribution < 1.29 is 9.18 Å². The van der Waals surface area contributed by atoms with Gasteiger partial charge < -0.3 is 5.32 Å². The summed E-state index contributed by atoms with van der Waals surface area (Å²) in [6.07, 6.45) is 2.31. The first kappa shape index (κ1) is 16.0. The van der Waals surface area contributed by atoms with E-state index in [0.29, 0.717) is 29.9 Å². The van der Waals surface area contributed by atoms with E-state index in [1.165, 1.54) is 18.5 Å². The third-order valence-electron chi connectivity index (χ3n) is 4.05. The van der Waals surface area contributed by atoms with E-state index in [2.05, 4.69) is 20.4 Å². The lowest BCUT2D eigenvalue weighted by Crippen LogP contribution is -2.15. The highest BCUT2D eigenvalue weighted by Gasteiger charge is 2.13. The van der Waals surface area contributed by atoms with Crippen LogP contribution in [0, 0.1) is 26.6 Å². The summed E-state index contributed by atoms with van der Waals surface area (Å²) in [7, 11) is 0. The minimum Gasteiger partial charge on any atom is -0.326 e. The van der Waals surface area contributed by atoms with E-state index in [1.807, 2.05) is 13.8 Å². The highest BCUT2D eigenvalue weighted by molar-refractivity contribution is 5.91. The van der Waals surface area contributed by atoms with E-state index < -0.39 is 0 Å². The Hall–Kier alpha value is -2.83. The largest absolute Gasteiger partial charge is 0.326 e. The number of anilines is 1. The lowest BCUT2D eigenvalue weighted by molar-refractivity contribution is -0.116. The predicted molar refractivity (Wildman–Crippen MR) is 88.3 cm³/mol. The van der Waals surface area contributed by atoms with Crippen LogP contribution in [0.1, 0.15) is 28.9 Å². The minimum atomic E-state index is -0.316. The van der Waals surface area contributed by atoms with Gasteiger partial charge in [0.1, 0.15) is 12.1 Å². The molecule has 3 aromatic rings. The van der Waals surface area contributed by atoms with Crippen molar-refractivity contribution in [2.24, 2.45) is 0 Å². The van der Waals surface area contributed by atoms with Gasteiger partial charge in [-0.15, -0.1) is 0 Å². The number of aryl methyl sites for hydroxylation is 3. The molecule has 7 heteroatoms. The number of carbonyl (C=O) groups excluding carboxylic acids is 1. The van der Waals surface area contributed by atoms with E-state index in [1.54, 1.807) is 17.5 Å². The second-order valence-electron chi connectivity index (χ2n) is 5.74.